The number of rotatable bonds is 8. The fourth-order valence-electron chi connectivity index (χ4n) is 4.15. The number of hydrogen-bond acceptors (Lipinski definition) is 6. The first-order chi connectivity index (χ1) is 16.8. The number of aryl methyl sites for hydroxylation is 1. The summed E-state index contributed by atoms with van der Waals surface area (Å²) in [5.41, 5.74) is 2.91. The molecular weight excluding hydrogens is 468 g/mol. The van der Waals surface area contributed by atoms with Crippen molar-refractivity contribution in [2.75, 3.05) is 37.5 Å². The number of carbonyl (C=O) groups excluding carboxylic acids is 1. The second-order valence-corrected chi connectivity index (χ2v) is 9.98. The quantitative estimate of drug-likeness (QED) is 0.506. The van der Waals surface area contributed by atoms with Crippen LogP contribution in [0.25, 0.3) is 0 Å². The van der Waals surface area contributed by atoms with Crippen molar-refractivity contribution in [3.63, 3.8) is 0 Å². The second-order valence-electron chi connectivity index (χ2n) is 8.11. The molecule has 3 aromatic rings. The smallest absolute Gasteiger partial charge is 0.264 e. The summed E-state index contributed by atoms with van der Waals surface area (Å²) in [5.74, 6) is 1.57. The van der Waals surface area contributed by atoms with Gasteiger partial charge in [0.2, 0.25) is 5.91 Å². The van der Waals surface area contributed by atoms with Gasteiger partial charge in [-0.2, -0.15) is 0 Å². The van der Waals surface area contributed by atoms with Gasteiger partial charge >= 0.3 is 0 Å². The van der Waals surface area contributed by atoms with Crippen LogP contribution in [-0.2, 0) is 27.7 Å². The maximum Gasteiger partial charge on any atom is 0.264 e. The van der Waals surface area contributed by atoms with E-state index in [0.717, 1.165) is 17.5 Å². The average Bonchev–Trinajstić information content (AvgIpc) is 2.88. The lowest BCUT2D eigenvalue weighted by molar-refractivity contribution is -0.115. The zero-order valence-electron chi connectivity index (χ0n) is 19.9. The first kappa shape index (κ1) is 24.4. The third-order valence-corrected chi connectivity index (χ3v) is 7.73. The van der Waals surface area contributed by atoms with Gasteiger partial charge in [0.1, 0.15) is 5.75 Å². The van der Waals surface area contributed by atoms with Gasteiger partial charge in [-0.3, -0.25) is 9.10 Å². The number of ether oxygens (including phenoxy) is 3. The number of sulfonamides is 1. The molecule has 0 saturated carbocycles. The van der Waals surface area contributed by atoms with Crippen molar-refractivity contribution in [1.29, 1.82) is 0 Å². The van der Waals surface area contributed by atoms with Gasteiger partial charge in [0.15, 0.2) is 11.5 Å². The predicted octanol–water partition coefficient (Wildman–Crippen LogP) is 4.04. The minimum atomic E-state index is -3.72. The molecule has 1 amide bonds. The molecule has 0 aliphatic carbocycles. The Hall–Kier alpha value is -3.72. The van der Waals surface area contributed by atoms with Crippen molar-refractivity contribution < 1.29 is 27.4 Å². The van der Waals surface area contributed by atoms with Crippen LogP contribution in [-0.4, -0.2) is 42.2 Å². The van der Waals surface area contributed by atoms with E-state index in [4.69, 9.17) is 14.2 Å². The summed E-state index contributed by atoms with van der Waals surface area (Å²) in [5, 5.41) is 2.91. The van der Waals surface area contributed by atoms with Crippen LogP contribution >= 0.6 is 0 Å². The summed E-state index contributed by atoms with van der Waals surface area (Å²) in [7, 11) is 0.923. The second kappa shape index (κ2) is 10.3. The number of benzene rings is 3. The molecule has 0 radical (unpaired) electrons. The predicted molar refractivity (Wildman–Crippen MR) is 134 cm³/mol. The Balaban J connectivity index is 1.51. The molecule has 1 N–H and O–H groups in total. The lowest BCUT2D eigenvalue weighted by Gasteiger charge is -2.31. The first-order valence-corrected chi connectivity index (χ1v) is 12.6. The maximum atomic E-state index is 13.3. The van der Waals surface area contributed by atoms with E-state index in [0.29, 0.717) is 41.6 Å². The molecule has 0 atom stereocenters. The number of nitrogens with one attached hydrogen (secondary N) is 1. The van der Waals surface area contributed by atoms with E-state index in [2.05, 4.69) is 5.32 Å². The van der Waals surface area contributed by atoms with Crippen molar-refractivity contribution in [1.82, 2.24) is 0 Å². The molecule has 4 rings (SSSR count). The normalized spacial score (nSPS) is 13.1. The topological polar surface area (TPSA) is 94.2 Å². The standard InChI is InChI=1S/C26H28N2O6S/c1-32-21-8-10-22(11-9-21)35(30,31)28-14-4-5-19-17-20(7-12-23(19)28)27-26(29)16-18-6-13-24(33-2)25(15-18)34-3/h6-13,15,17H,4-5,14,16H2,1-3H3,(H,27,29). The lowest BCUT2D eigenvalue weighted by atomic mass is 10.0. The van der Waals surface area contributed by atoms with E-state index in [9.17, 15) is 13.2 Å². The van der Waals surface area contributed by atoms with Crippen LogP contribution in [0, 0.1) is 0 Å². The van der Waals surface area contributed by atoms with E-state index in [1.165, 1.54) is 11.4 Å². The van der Waals surface area contributed by atoms with Crippen LogP contribution in [0.2, 0.25) is 0 Å². The molecule has 8 nitrogen and oxygen atoms in total. The zero-order valence-corrected chi connectivity index (χ0v) is 20.7. The molecule has 3 aromatic carbocycles. The van der Waals surface area contributed by atoms with E-state index < -0.39 is 10.0 Å². The molecule has 1 aliphatic heterocycles. The highest BCUT2D eigenvalue weighted by molar-refractivity contribution is 7.92. The number of methoxy groups -OCH3 is 3. The Kier molecular flexibility index (Phi) is 7.16. The van der Waals surface area contributed by atoms with E-state index in [1.54, 1.807) is 62.8 Å². The zero-order chi connectivity index (χ0) is 25.0. The van der Waals surface area contributed by atoms with Crippen LogP contribution in [0.4, 0.5) is 11.4 Å². The van der Waals surface area contributed by atoms with Crippen molar-refractivity contribution in [3.8, 4) is 17.2 Å². The fourth-order valence-corrected chi connectivity index (χ4v) is 5.69. The molecule has 1 heterocycles. The number of nitrogens with zero attached hydrogens (tertiary/aromatic N) is 1. The number of hydrogen-bond donors (Lipinski definition) is 1. The molecule has 0 spiro atoms. The monoisotopic (exact) mass is 496 g/mol. The number of fused-ring (bicyclic) bond motifs is 1. The third-order valence-electron chi connectivity index (χ3n) is 5.90. The molecule has 184 valence electrons. The maximum absolute atomic E-state index is 13.3. The SMILES string of the molecule is COc1ccc(S(=O)(=O)N2CCCc3cc(NC(=O)Cc4ccc(OC)c(OC)c4)ccc32)cc1. The van der Waals surface area contributed by atoms with Crippen LogP contribution in [0.5, 0.6) is 17.2 Å². The Morgan fingerprint density at radius 1 is 0.914 bits per heavy atom. The summed E-state index contributed by atoms with van der Waals surface area (Å²) in [6, 6.07) is 17.0. The highest BCUT2D eigenvalue weighted by atomic mass is 32.2. The lowest BCUT2D eigenvalue weighted by Crippen LogP contribution is -2.35. The molecule has 0 unspecified atom stereocenters. The average molecular weight is 497 g/mol. The molecule has 35 heavy (non-hydrogen) atoms. The number of amides is 1. The Bertz CT molecular complexity index is 1320. The van der Waals surface area contributed by atoms with E-state index >= 15 is 0 Å². The molecule has 0 aromatic heterocycles. The van der Waals surface area contributed by atoms with E-state index in [1.807, 2.05) is 12.1 Å². The van der Waals surface area contributed by atoms with Crippen molar-refractivity contribution in [2.24, 2.45) is 0 Å². The van der Waals surface area contributed by atoms with Gasteiger partial charge in [0.05, 0.1) is 38.3 Å². The summed E-state index contributed by atoms with van der Waals surface area (Å²) in [6.07, 6.45) is 1.57. The Morgan fingerprint density at radius 2 is 1.66 bits per heavy atom. The highest BCUT2D eigenvalue weighted by Gasteiger charge is 2.29. The number of carbonyl (C=O) groups is 1. The summed E-state index contributed by atoms with van der Waals surface area (Å²) >= 11 is 0. The van der Waals surface area contributed by atoms with E-state index in [-0.39, 0.29) is 17.2 Å². The van der Waals surface area contributed by atoms with Gasteiger partial charge in [-0.25, -0.2) is 8.42 Å². The Labute approximate surface area is 205 Å². The van der Waals surface area contributed by atoms with Gasteiger partial charge < -0.3 is 19.5 Å². The molecule has 0 fully saturated rings. The molecular formula is C26H28N2O6S. The largest absolute Gasteiger partial charge is 0.497 e. The van der Waals surface area contributed by atoms with Crippen LogP contribution < -0.4 is 23.8 Å². The van der Waals surface area contributed by atoms with Crippen molar-refractivity contribution in [2.45, 2.75) is 24.2 Å². The minimum Gasteiger partial charge on any atom is -0.497 e. The van der Waals surface area contributed by atoms with Crippen molar-refractivity contribution >= 4 is 27.3 Å². The highest BCUT2D eigenvalue weighted by Crippen LogP contribution is 2.34. The fraction of sp³-hybridized carbons (Fsp3) is 0.269. The van der Waals surface area contributed by atoms with Gasteiger partial charge in [-0.15, -0.1) is 0 Å². The summed E-state index contributed by atoms with van der Waals surface area (Å²) in [6.45, 7) is 0.395. The van der Waals surface area contributed by atoms with Gasteiger partial charge in [0.25, 0.3) is 10.0 Å². The van der Waals surface area contributed by atoms with Crippen LogP contribution in [0.15, 0.2) is 65.6 Å². The third kappa shape index (κ3) is 5.19. The Morgan fingerprint density at radius 3 is 2.34 bits per heavy atom. The first-order valence-electron chi connectivity index (χ1n) is 11.2. The summed E-state index contributed by atoms with van der Waals surface area (Å²) < 4.78 is 43.7. The van der Waals surface area contributed by atoms with Crippen molar-refractivity contribution in [3.05, 3.63) is 71.8 Å². The van der Waals surface area contributed by atoms with Crippen LogP contribution in [0.1, 0.15) is 17.5 Å². The summed E-state index contributed by atoms with van der Waals surface area (Å²) in [4.78, 5) is 12.9. The van der Waals surface area contributed by atoms with Gasteiger partial charge in [-0.05, 0) is 78.6 Å². The van der Waals surface area contributed by atoms with Gasteiger partial charge in [0, 0.05) is 12.2 Å². The molecule has 0 saturated heterocycles. The molecule has 9 heteroatoms. The number of anilines is 2. The molecule has 1 aliphatic rings. The van der Waals surface area contributed by atoms with Crippen LogP contribution in [0.3, 0.4) is 0 Å². The molecule has 0 bridgehead atoms. The minimum absolute atomic E-state index is 0.162. The van der Waals surface area contributed by atoms with Gasteiger partial charge in [-0.1, -0.05) is 6.07 Å².